The van der Waals surface area contributed by atoms with E-state index in [2.05, 4.69) is 21.2 Å². The van der Waals surface area contributed by atoms with Crippen LogP contribution in [0.4, 0.5) is 5.69 Å². The Labute approximate surface area is 238 Å². The highest BCUT2D eigenvalue weighted by molar-refractivity contribution is 9.10. The maximum Gasteiger partial charge on any atom is 0.244 e. The predicted molar refractivity (Wildman–Crippen MR) is 156 cm³/mol. The van der Waals surface area contributed by atoms with Crippen molar-refractivity contribution in [1.29, 1.82) is 0 Å². The first-order chi connectivity index (χ1) is 18.1. The lowest BCUT2D eigenvalue weighted by Gasteiger charge is -2.33. The van der Waals surface area contributed by atoms with E-state index in [1.807, 2.05) is 37.3 Å². The van der Waals surface area contributed by atoms with E-state index in [9.17, 15) is 18.0 Å². The minimum atomic E-state index is -3.84. The highest BCUT2D eigenvalue weighted by Gasteiger charge is 2.33. The molecule has 1 N–H and O–H groups in total. The molecule has 0 aromatic heterocycles. The summed E-state index contributed by atoms with van der Waals surface area (Å²) in [6, 6.07) is 22.4. The minimum Gasteiger partial charge on any atom is -0.354 e. The van der Waals surface area contributed by atoms with E-state index < -0.39 is 28.5 Å². The zero-order valence-electron chi connectivity index (χ0n) is 21.3. The second kappa shape index (κ2) is 13.8. The van der Waals surface area contributed by atoms with Gasteiger partial charge in [-0.25, -0.2) is 8.42 Å². The van der Waals surface area contributed by atoms with E-state index in [0.29, 0.717) is 27.3 Å². The molecule has 0 aliphatic heterocycles. The van der Waals surface area contributed by atoms with Crippen molar-refractivity contribution in [3.8, 4) is 0 Å². The summed E-state index contributed by atoms with van der Waals surface area (Å²) in [5.41, 5.74) is 1.85. The number of rotatable bonds is 12. The van der Waals surface area contributed by atoms with E-state index in [0.717, 1.165) is 22.5 Å². The summed E-state index contributed by atoms with van der Waals surface area (Å²) in [5, 5.41) is 3.36. The zero-order valence-corrected chi connectivity index (χ0v) is 24.5. The van der Waals surface area contributed by atoms with Crippen LogP contribution in [0.3, 0.4) is 0 Å². The molecule has 38 heavy (non-hydrogen) atoms. The molecule has 0 saturated heterocycles. The fourth-order valence-corrected chi connectivity index (χ4v) is 5.65. The molecule has 0 spiro atoms. The van der Waals surface area contributed by atoms with Gasteiger partial charge in [0.1, 0.15) is 12.6 Å². The Morgan fingerprint density at radius 2 is 1.61 bits per heavy atom. The summed E-state index contributed by atoms with van der Waals surface area (Å²) in [7, 11) is -3.84. The van der Waals surface area contributed by atoms with Crippen molar-refractivity contribution < 1.29 is 18.0 Å². The van der Waals surface area contributed by atoms with Crippen LogP contribution in [0, 0.1) is 0 Å². The van der Waals surface area contributed by atoms with Gasteiger partial charge in [0.05, 0.1) is 11.9 Å². The van der Waals surface area contributed by atoms with Crippen molar-refractivity contribution in [1.82, 2.24) is 10.2 Å². The molecule has 1 atom stereocenters. The van der Waals surface area contributed by atoms with Gasteiger partial charge in [-0.2, -0.15) is 0 Å². The zero-order chi connectivity index (χ0) is 27.7. The third kappa shape index (κ3) is 8.06. The van der Waals surface area contributed by atoms with Crippen molar-refractivity contribution >= 4 is 55.1 Å². The molecule has 10 heteroatoms. The second-order valence-electron chi connectivity index (χ2n) is 8.83. The van der Waals surface area contributed by atoms with Crippen LogP contribution in [-0.2, 0) is 32.6 Å². The van der Waals surface area contributed by atoms with E-state index in [4.69, 9.17) is 11.6 Å². The number of benzene rings is 3. The fourth-order valence-electron chi connectivity index (χ4n) is 3.98. The molecular weight excluding hydrogens is 590 g/mol. The third-order valence-electron chi connectivity index (χ3n) is 5.92. The fraction of sp³-hybridized carbons (Fsp3) is 0.286. The molecule has 0 heterocycles. The monoisotopic (exact) mass is 619 g/mol. The number of hydrogen-bond donors (Lipinski definition) is 1. The Bertz CT molecular complexity index is 1350. The standard InChI is InChI=1S/C28H31BrClN3O4S/c1-3-17-31-28(35)26(18-21-11-5-4-6-12-21)32(19-22-13-7-9-15-24(22)30)27(34)20-33(38(2,36)37)25-16-10-8-14-23(25)29/h4-16,26H,3,17-20H2,1-2H3,(H,31,35)/t26-/m1/s1. The van der Waals surface area contributed by atoms with Crippen LogP contribution in [0.15, 0.2) is 83.3 Å². The van der Waals surface area contributed by atoms with Gasteiger partial charge >= 0.3 is 0 Å². The molecular formula is C28H31BrClN3O4S. The smallest absolute Gasteiger partial charge is 0.244 e. The molecule has 0 aliphatic carbocycles. The van der Waals surface area contributed by atoms with Gasteiger partial charge in [-0.05, 0) is 51.7 Å². The van der Waals surface area contributed by atoms with E-state index in [1.54, 1.807) is 48.5 Å². The number of amides is 2. The first-order valence-corrected chi connectivity index (χ1v) is 15.2. The molecule has 7 nitrogen and oxygen atoms in total. The van der Waals surface area contributed by atoms with Crippen molar-refractivity contribution in [2.75, 3.05) is 23.7 Å². The number of halogens is 2. The van der Waals surface area contributed by atoms with Crippen LogP contribution < -0.4 is 9.62 Å². The number of nitrogens with zero attached hydrogens (tertiary/aromatic N) is 2. The van der Waals surface area contributed by atoms with Crippen LogP contribution >= 0.6 is 27.5 Å². The highest BCUT2D eigenvalue weighted by atomic mass is 79.9. The lowest BCUT2D eigenvalue weighted by molar-refractivity contribution is -0.140. The minimum absolute atomic E-state index is 0.0309. The quantitative estimate of drug-likeness (QED) is 0.308. The van der Waals surface area contributed by atoms with E-state index in [1.165, 1.54) is 4.90 Å². The Morgan fingerprint density at radius 3 is 2.24 bits per heavy atom. The van der Waals surface area contributed by atoms with Gasteiger partial charge in [-0.1, -0.05) is 79.2 Å². The first-order valence-electron chi connectivity index (χ1n) is 12.2. The molecule has 0 unspecified atom stereocenters. The molecule has 0 fully saturated rings. The van der Waals surface area contributed by atoms with Crippen molar-refractivity contribution in [2.24, 2.45) is 0 Å². The van der Waals surface area contributed by atoms with Gasteiger partial charge in [-0.3, -0.25) is 13.9 Å². The average molecular weight is 621 g/mol. The van der Waals surface area contributed by atoms with Crippen LogP contribution in [0.2, 0.25) is 5.02 Å². The van der Waals surface area contributed by atoms with Crippen molar-refractivity contribution in [2.45, 2.75) is 32.4 Å². The predicted octanol–water partition coefficient (Wildman–Crippen LogP) is 5.03. The van der Waals surface area contributed by atoms with Crippen molar-refractivity contribution in [3.05, 3.63) is 99.5 Å². The molecule has 3 aromatic carbocycles. The summed E-state index contributed by atoms with van der Waals surface area (Å²) >= 11 is 9.84. The number of sulfonamides is 1. The molecule has 0 aliphatic rings. The van der Waals surface area contributed by atoms with Gasteiger partial charge in [0, 0.05) is 29.0 Å². The van der Waals surface area contributed by atoms with Gasteiger partial charge < -0.3 is 10.2 Å². The summed E-state index contributed by atoms with van der Waals surface area (Å²) in [6.45, 7) is 1.94. The lowest BCUT2D eigenvalue weighted by Crippen LogP contribution is -2.53. The third-order valence-corrected chi connectivity index (χ3v) is 8.08. The SMILES string of the molecule is CCCNC(=O)[C@@H](Cc1ccccc1)N(Cc1ccccc1Cl)C(=O)CN(c1ccccc1Br)S(C)(=O)=O. The average Bonchev–Trinajstić information content (AvgIpc) is 2.89. The van der Waals surface area contributed by atoms with Gasteiger partial charge in [0.2, 0.25) is 21.8 Å². The number of nitrogens with one attached hydrogen (secondary N) is 1. The maximum absolute atomic E-state index is 14.0. The van der Waals surface area contributed by atoms with Crippen LogP contribution in [0.25, 0.3) is 0 Å². The molecule has 0 saturated carbocycles. The Hall–Kier alpha value is -2.88. The Morgan fingerprint density at radius 1 is 0.974 bits per heavy atom. The van der Waals surface area contributed by atoms with Gasteiger partial charge in [0.25, 0.3) is 0 Å². The summed E-state index contributed by atoms with van der Waals surface area (Å²) < 4.78 is 27.2. The first kappa shape index (κ1) is 29.7. The number of carbonyl (C=O) groups is 2. The number of anilines is 1. The van der Waals surface area contributed by atoms with Crippen LogP contribution in [0.5, 0.6) is 0 Å². The summed E-state index contributed by atoms with van der Waals surface area (Å²) in [6.07, 6.45) is 2.03. The molecule has 0 bridgehead atoms. The highest BCUT2D eigenvalue weighted by Crippen LogP contribution is 2.28. The van der Waals surface area contributed by atoms with Gasteiger partial charge in [-0.15, -0.1) is 0 Å². The van der Waals surface area contributed by atoms with Crippen molar-refractivity contribution in [3.63, 3.8) is 0 Å². The lowest BCUT2D eigenvalue weighted by atomic mass is 10.0. The molecule has 0 radical (unpaired) electrons. The Kier molecular flexibility index (Phi) is 10.8. The molecule has 202 valence electrons. The maximum atomic E-state index is 14.0. The topological polar surface area (TPSA) is 86.8 Å². The number of para-hydroxylation sites is 1. The normalized spacial score (nSPS) is 12.0. The van der Waals surface area contributed by atoms with E-state index >= 15 is 0 Å². The largest absolute Gasteiger partial charge is 0.354 e. The summed E-state index contributed by atoms with van der Waals surface area (Å²) in [4.78, 5) is 28.9. The van der Waals surface area contributed by atoms with Crippen LogP contribution in [-0.4, -0.2) is 50.5 Å². The Balaban J connectivity index is 2.06. The molecule has 2 amide bonds. The van der Waals surface area contributed by atoms with E-state index in [-0.39, 0.29) is 18.9 Å². The molecule has 3 aromatic rings. The van der Waals surface area contributed by atoms with Crippen LogP contribution in [0.1, 0.15) is 24.5 Å². The summed E-state index contributed by atoms with van der Waals surface area (Å²) in [5.74, 6) is -0.846. The second-order valence-corrected chi connectivity index (χ2v) is 12.0. The molecule has 3 rings (SSSR count). The number of hydrogen-bond acceptors (Lipinski definition) is 4. The number of carbonyl (C=O) groups excluding carboxylic acids is 2. The van der Waals surface area contributed by atoms with Gasteiger partial charge in [0.15, 0.2) is 0 Å².